The quantitative estimate of drug-likeness (QED) is 0.407. The van der Waals surface area contributed by atoms with Crippen molar-refractivity contribution in [1.29, 1.82) is 0 Å². The van der Waals surface area contributed by atoms with E-state index in [-0.39, 0.29) is 23.0 Å². The summed E-state index contributed by atoms with van der Waals surface area (Å²) in [5.74, 6) is -1.17. The van der Waals surface area contributed by atoms with Crippen molar-refractivity contribution in [1.82, 2.24) is 0 Å². The van der Waals surface area contributed by atoms with Crippen LogP contribution >= 0.6 is 0 Å². The molecule has 0 heterocycles. The van der Waals surface area contributed by atoms with Crippen LogP contribution in [0.25, 0.3) is 0 Å². The summed E-state index contributed by atoms with van der Waals surface area (Å²) in [4.78, 5) is 21.7. The summed E-state index contributed by atoms with van der Waals surface area (Å²) in [6.07, 6.45) is 5.30. The van der Waals surface area contributed by atoms with Crippen LogP contribution in [0.1, 0.15) is 56.3 Å². The normalized spacial score (nSPS) is 11.9. The number of nitrogens with one attached hydrogen (secondary N) is 1. The molecule has 0 bridgehead atoms. The minimum Gasteiger partial charge on any atom is -0.478 e. The van der Waals surface area contributed by atoms with Gasteiger partial charge in [-0.3, -0.25) is 10.1 Å². The van der Waals surface area contributed by atoms with Crippen molar-refractivity contribution in [3.05, 3.63) is 33.9 Å². The van der Waals surface area contributed by atoms with E-state index in [4.69, 9.17) is 5.11 Å². The molecule has 0 amide bonds. The Morgan fingerprint density at radius 2 is 2.10 bits per heavy atom. The SMILES string of the molecule is CCCCCCC(C)Nc1c(C(=O)O)cccc1[N+](=O)[O-]. The Kier molecular flexibility index (Phi) is 6.65. The van der Waals surface area contributed by atoms with Gasteiger partial charge in [0.1, 0.15) is 5.69 Å². The highest BCUT2D eigenvalue weighted by Crippen LogP contribution is 2.29. The van der Waals surface area contributed by atoms with E-state index in [0.29, 0.717) is 0 Å². The number of carboxylic acids is 1. The van der Waals surface area contributed by atoms with E-state index < -0.39 is 10.9 Å². The number of carboxylic acid groups (broad SMARTS) is 1. The van der Waals surface area contributed by atoms with Crippen LogP contribution in [-0.4, -0.2) is 22.0 Å². The third-order valence-electron chi connectivity index (χ3n) is 3.35. The summed E-state index contributed by atoms with van der Waals surface area (Å²) in [5, 5.41) is 23.2. The molecule has 1 aromatic carbocycles. The standard InChI is InChI=1S/C15H22N2O4/c1-3-4-5-6-8-11(2)16-14-12(15(18)19)9-7-10-13(14)17(20)21/h7,9-11,16H,3-6,8H2,1-2H3,(H,18,19). The highest BCUT2D eigenvalue weighted by atomic mass is 16.6. The topological polar surface area (TPSA) is 92.5 Å². The number of para-hydroxylation sites is 1. The average molecular weight is 294 g/mol. The summed E-state index contributed by atoms with van der Waals surface area (Å²) in [5.41, 5.74) is -0.169. The second-order valence-electron chi connectivity index (χ2n) is 5.16. The summed E-state index contributed by atoms with van der Waals surface area (Å²) in [6, 6.07) is 4.07. The smallest absolute Gasteiger partial charge is 0.338 e. The maximum absolute atomic E-state index is 11.2. The number of nitro benzene ring substituents is 1. The lowest BCUT2D eigenvalue weighted by atomic mass is 10.1. The van der Waals surface area contributed by atoms with Crippen molar-refractivity contribution >= 4 is 17.3 Å². The van der Waals surface area contributed by atoms with Crippen LogP contribution in [0, 0.1) is 10.1 Å². The number of rotatable bonds is 9. The number of aromatic carboxylic acids is 1. The zero-order valence-corrected chi connectivity index (χ0v) is 12.5. The second kappa shape index (κ2) is 8.24. The summed E-state index contributed by atoms with van der Waals surface area (Å²) in [7, 11) is 0. The van der Waals surface area contributed by atoms with Crippen molar-refractivity contribution in [2.45, 2.75) is 52.0 Å². The third kappa shape index (κ3) is 5.06. The van der Waals surface area contributed by atoms with Gasteiger partial charge in [0.05, 0.1) is 10.5 Å². The van der Waals surface area contributed by atoms with E-state index >= 15 is 0 Å². The maximum atomic E-state index is 11.2. The molecule has 6 heteroatoms. The van der Waals surface area contributed by atoms with Crippen LogP contribution < -0.4 is 5.32 Å². The second-order valence-corrected chi connectivity index (χ2v) is 5.16. The predicted octanol–water partition coefficient (Wildman–Crippen LogP) is 4.06. The minimum absolute atomic E-state index is 0.0129. The molecule has 0 aliphatic rings. The zero-order valence-electron chi connectivity index (χ0n) is 12.5. The molecule has 0 saturated heterocycles. The van der Waals surface area contributed by atoms with Gasteiger partial charge in [0, 0.05) is 12.1 Å². The molecule has 2 N–H and O–H groups in total. The van der Waals surface area contributed by atoms with Gasteiger partial charge in [-0.15, -0.1) is 0 Å². The molecular weight excluding hydrogens is 272 g/mol. The monoisotopic (exact) mass is 294 g/mol. The number of anilines is 1. The maximum Gasteiger partial charge on any atom is 0.338 e. The molecular formula is C15H22N2O4. The van der Waals surface area contributed by atoms with E-state index in [0.717, 1.165) is 25.7 Å². The fourth-order valence-electron chi connectivity index (χ4n) is 2.22. The summed E-state index contributed by atoms with van der Waals surface area (Å²) >= 11 is 0. The number of nitro groups is 1. The molecule has 0 spiro atoms. The van der Waals surface area contributed by atoms with Crippen molar-refractivity contribution in [3.8, 4) is 0 Å². The van der Waals surface area contributed by atoms with Crippen molar-refractivity contribution in [3.63, 3.8) is 0 Å². The van der Waals surface area contributed by atoms with E-state index in [1.807, 2.05) is 6.92 Å². The lowest BCUT2D eigenvalue weighted by Crippen LogP contribution is -2.18. The molecule has 0 aromatic heterocycles. The van der Waals surface area contributed by atoms with Crippen LogP contribution in [0.15, 0.2) is 18.2 Å². The van der Waals surface area contributed by atoms with E-state index in [1.165, 1.54) is 24.6 Å². The van der Waals surface area contributed by atoms with Crippen molar-refractivity contribution in [2.24, 2.45) is 0 Å². The lowest BCUT2D eigenvalue weighted by Gasteiger charge is -2.16. The minimum atomic E-state index is -1.17. The molecule has 1 unspecified atom stereocenters. The molecule has 1 aromatic rings. The Balaban J connectivity index is 2.84. The first-order valence-electron chi connectivity index (χ1n) is 7.24. The van der Waals surface area contributed by atoms with Crippen molar-refractivity contribution < 1.29 is 14.8 Å². The van der Waals surface area contributed by atoms with Crippen molar-refractivity contribution in [2.75, 3.05) is 5.32 Å². The number of benzene rings is 1. The van der Waals surface area contributed by atoms with Crippen LogP contribution in [0.4, 0.5) is 11.4 Å². The fraction of sp³-hybridized carbons (Fsp3) is 0.533. The molecule has 0 aliphatic heterocycles. The molecule has 1 atom stereocenters. The zero-order chi connectivity index (χ0) is 15.8. The van der Waals surface area contributed by atoms with Gasteiger partial charge in [0.15, 0.2) is 0 Å². The molecule has 0 fully saturated rings. The predicted molar refractivity (Wildman–Crippen MR) is 81.9 cm³/mol. The largest absolute Gasteiger partial charge is 0.478 e. The first-order chi connectivity index (χ1) is 9.97. The highest BCUT2D eigenvalue weighted by Gasteiger charge is 2.22. The number of nitrogens with zero attached hydrogens (tertiary/aromatic N) is 1. The average Bonchev–Trinajstić information content (AvgIpc) is 2.43. The first kappa shape index (κ1) is 16.9. The summed E-state index contributed by atoms with van der Waals surface area (Å²) < 4.78 is 0. The van der Waals surface area contributed by atoms with Crippen LogP contribution in [0.2, 0.25) is 0 Å². The molecule has 0 aliphatic carbocycles. The van der Waals surface area contributed by atoms with Gasteiger partial charge >= 0.3 is 5.97 Å². The molecule has 1 rings (SSSR count). The van der Waals surface area contributed by atoms with Gasteiger partial charge in [-0.1, -0.05) is 38.7 Å². The Morgan fingerprint density at radius 3 is 2.67 bits per heavy atom. The Labute approximate surface area is 124 Å². The fourth-order valence-corrected chi connectivity index (χ4v) is 2.22. The molecule has 0 saturated carbocycles. The molecule has 6 nitrogen and oxygen atoms in total. The molecule has 116 valence electrons. The van der Waals surface area contributed by atoms with Gasteiger partial charge in [-0.25, -0.2) is 4.79 Å². The highest BCUT2D eigenvalue weighted by molar-refractivity contribution is 5.96. The van der Waals surface area contributed by atoms with E-state index in [2.05, 4.69) is 12.2 Å². The van der Waals surface area contributed by atoms with E-state index in [9.17, 15) is 14.9 Å². The van der Waals surface area contributed by atoms with Crippen LogP contribution in [0.5, 0.6) is 0 Å². The Morgan fingerprint density at radius 1 is 1.38 bits per heavy atom. The Hall–Kier alpha value is -2.11. The summed E-state index contributed by atoms with van der Waals surface area (Å²) in [6.45, 7) is 4.04. The number of hydrogen-bond donors (Lipinski definition) is 2. The number of carbonyl (C=O) groups is 1. The van der Waals surface area contributed by atoms with Crippen LogP contribution in [-0.2, 0) is 0 Å². The van der Waals surface area contributed by atoms with Gasteiger partial charge in [-0.05, 0) is 19.4 Å². The molecule has 21 heavy (non-hydrogen) atoms. The van der Waals surface area contributed by atoms with Gasteiger partial charge < -0.3 is 10.4 Å². The lowest BCUT2D eigenvalue weighted by molar-refractivity contribution is -0.384. The third-order valence-corrected chi connectivity index (χ3v) is 3.35. The van der Waals surface area contributed by atoms with E-state index in [1.54, 1.807) is 0 Å². The van der Waals surface area contributed by atoms with Gasteiger partial charge in [0.2, 0.25) is 0 Å². The van der Waals surface area contributed by atoms with Crippen LogP contribution in [0.3, 0.4) is 0 Å². The number of unbranched alkanes of at least 4 members (excludes halogenated alkanes) is 3. The first-order valence-corrected chi connectivity index (χ1v) is 7.24. The van der Waals surface area contributed by atoms with Gasteiger partial charge in [-0.2, -0.15) is 0 Å². The molecule has 0 radical (unpaired) electrons. The number of hydrogen-bond acceptors (Lipinski definition) is 4. The Bertz CT molecular complexity index is 470. The van der Waals surface area contributed by atoms with Gasteiger partial charge in [0.25, 0.3) is 5.69 Å².